The summed E-state index contributed by atoms with van der Waals surface area (Å²) in [5.41, 5.74) is 10.2. The number of urea groups is 1. The van der Waals surface area contributed by atoms with E-state index in [4.69, 9.17) is 19.9 Å². The third-order valence-corrected chi connectivity index (χ3v) is 3.97. The van der Waals surface area contributed by atoms with E-state index in [1.54, 1.807) is 25.3 Å². The van der Waals surface area contributed by atoms with Crippen LogP contribution in [0.2, 0.25) is 0 Å². The molecule has 2 amide bonds. The Bertz CT molecular complexity index is 834. The number of primary amides is 1. The summed E-state index contributed by atoms with van der Waals surface area (Å²) >= 11 is 0. The van der Waals surface area contributed by atoms with Gasteiger partial charge >= 0.3 is 6.03 Å². The molecule has 0 radical (unpaired) electrons. The van der Waals surface area contributed by atoms with Crippen molar-refractivity contribution in [2.24, 2.45) is 10.8 Å². The van der Waals surface area contributed by atoms with Gasteiger partial charge in [0, 0.05) is 0 Å². The fraction of sp³-hybridized carbons (Fsp3) is 0.333. The fourth-order valence-electron chi connectivity index (χ4n) is 2.60. The normalized spacial score (nSPS) is 10.9. The summed E-state index contributed by atoms with van der Waals surface area (Å²) in [6, 6.07) is 10.8. The number of nitrogens with two attached hydrogens (primary N) is 1. The van der Waals surface area contributed by atoms with Gasteiger partial charge in [0.05, 0.1) is 13.3 Å². The summed E-state index contributed by atoms with van der Waals surface area (Å²) in [7, 11) is 1.56. The molecule has 0 aliphatic carbocycles. The van der Waals surface area contributed by atoms with Crippen LogP contribution < -0.4 is 25.4 Å². The molecular weight excluding hydrogens is 358 g/mol. The van der Waals surface area contributed by atoms with Crippen molar-refractivity contribution in [3.05, 3.63) is 53.1 Å². The van der Waals surface area contributed by atoms with Gasteiger partial charge in [0.2, 0.25) is 0 Å². The average molecular weight is 385 g/mol. The highest BCUT2D eigenvalue weighted by atomic mass is 16.5. The zero-order valence-corrected chi connectivity index (χ0v) is 16.7. The average Bonchev–Trinajstić information content (AvgIpc) is 2.65. The molecule has 28 heavy (non-hydrogen) atoms. The summed E-state index contributed by atoms with van der Waals surface area (Å²) in [5, 5.41) is 3.72. The van der Waals surface area contributed by atoms with Crippen LogP contribution in [0.25, 0.3) is 0 Å². The van der Waals surface area contributed by atoms with E-state index in [1.807, 2.05) is 13.0 Å². The lowest BCUT2D eigenvalue weighted by Crippen LogP contribution is -2.24. The summed E-state index contributed by atoms with van der Waals surface area (Å²) < 4.78 is 17.1. The number of rotatable bonds is 9. The van der Waals surface area contributed by atoms with E-state index in [0.717, 1.165) is 16.9 Å². The van der Waals surface area contributed by atoms with Gasteiger partial charge in [-0.05, 0) is 53.8 Å². The minimum Gasteiger partial charge on any atom is -0.493 e. The maximum atomic E-state index is 10.6. The Hall–Kier alpha value is -3.22. The fourth-order valence-corrected chi connectivity index (χ4v) is 2.60. The predicted molar refractivity (Wildman–Crippen MR) is 110 cm³/mol. The first kappa shape index (κ1) is 21.1. The number of hydrazone groups is 1. The van der Waals surface area contributed by atoms with Gasteiger partial charge in [-0.1, -0.05) is 26.0 Å². The van der Waals surface area contributed by atoms with Crippen LogP contribution in [0.15, 0.2) is 41.5 Å². The Balaban J connectivity index is 1.95. The Kier molecular flexibility index (Phi) is 7.68. The second-order valence-corrected chi connectivity index (χ2v) is 6.54. The van der Waals surface area contributed by atoms with Crippen LogP contribution in [-0.2, 0) is 0 Å². The lowest BCUT2D eigenvalue weighted by Gasteiger charge is -2.16. The highest BCUT2D eigenvalue weighted by molar-refractivity contribution is 5.82. The predicted octanol–water partition coefficient (Wildman–Crippen LogP) is 3.59. The molecule has 2 rings (SSSR count). The molecule has 7 nitrogen and oxygen atoms in total. The number of benzene rings is 2. The van der Waals surface area contributed by atoms with E-state index >= 15 is 0 Å². The molecule has 3 N–H and O–H groups in total. The summed E-state index contributed by atoms with van der Waals surface area (Å²) in [6.45, 7) is 7.12. The third kappa shape index (κ3) is 6.19. The topological polar surface area (TPSA) is 95.2 Å². The maximum absolute atomic E-state index is 10.6. The van der Waals surface area contributed by atoms with Crippen LogP contribution >= 0.6 is 0 Å². The number of nitrogens with zero attached hydrogens (tertiary/aromatic N) is 1. The molecule has 2 aromatic carbocycles. The van der Waals surface area contributed by atoms with Gasteiger partial charge in [0.1, 0.15) is 19.0 Å². The number of amides is 2. The second kappa shape index (κ2) is 10.2. The molecule has 0 heterocycles. The Morgan fingerprint density at radius 3 is 2.46 bits per heavy atom. The van der Waals surface area contributed by atoms with Crippen LogP contribution in [0.5, 0.6) is 17.2 Å². The molecular formula is C21H27N3O4. The van der Waals surface area contributed by atoms with Crippen LogP contribution in [0.1, 0.15) is 36.5 Å². The second-order valence-electron chi connectivity index (χ2n) is 6.54. The Morgan fingerprint density at radius 2 is 1.82 bits per heavy atom. The molecule has 0 aliphatic rings. The smallest absolute Gasteiger partial charge is 0.332 e. The number of carbonyl (C=O) groups excluding carboxylic acids is 1. The van der Waals surface area contributed by atoms with Gasteiger partial charge in [0.15, 0.2) is 11.5 Å². The first-order valence-corrected chi connectivity index (χ1v) is 9.03. The van der Waals surface area contributed by atoms with Crippen molar-refractivity contribution in [1.82, 2.24) is 5.43 Å². The molecule has 0 aliphatic heterocycles. The SMILES string of the molecule is COc1cc(/C=N\NC(N)=O)ccc1OCCOc1cc(C)ccc1C(C)C. The highest BCUT2D eigenvalue weighted by Crippen LogP contribution is 2.29. The molecule has 0 fully saturated rings. The van der Waals surface area contributed by atoms with E-state index in [0.29, 0.717) is 30.6 Å². The molecule has 0 saturated carbocycles. The van der Waals surface area contributed by atoms with Crippen molar-refractivity contribution in [2.45, 2.75) is 26.7 Å². The molecule has 0 aromatic heterocycles. The number of nitrogens with one attached hydrogen (secondary N) is 1. The zero-order chi connectivity index (χ0) is 20.5. The van der Waals surface area contributed by atoms with E-state index in [2.05, 4.69) is 36.5 Å². The molecule has 7 heteroatoms. The van der Waals surface area contributed by atoms with Crippen molar-refractivity contribution in [1.29, 1.82) is 0 Å². The number of hydrogen-bond acceptors (Lipinski definition) is 5. The van der Waals surface area contributed by atoms with Crippen molar-refractivity contribution >= 4 is 12.2 Å². The van der Waals surface area contributed by atoms with Crippen molar-refractivity contribution in [2.75, 3.05) is 20.3 Å². The summed E-state index contributed by atoms with van der Waals surface area (Å²) in [6.07, 6.45) is 1.46. The number of hydrogen-bond donors (Lipinski definition) is 2. The number of methoxy groups -OCH3 is 1. The minimum atomic E-state index is -0.725. The number of carbonyl (C=O) groups is 1. The van der Waals surface area contributed by atoms with E-state index < -0.39 is 6.03 Å². The first-order chi connectivity index (χ1) is 13.4. The zero-order valence-electron chi connectivity index (χ0n) is 16.7. The van der Waals surface area contributed by atoms with E-state index in [1.165, 1.54) is 11.8 Å². The first-order valence-electron chi connectivity index (χ1n) is 9.03. The van der Waals surface area contributed by atoms with Gasteiger partial charge in [-0.15, -0.1) is 0 Å². The monoisotopic (exact) mass is 385 g/mol. The van der Waals surface area contributed by atoms with Crippen molar-refractivity contribution < 1.29 is 19.0 Å². The van der Waals surface area contributed by atoms with Crippen LogP contribution in [0, 0.1) is 6.92 Å². The van der Waals surface area contributed by atoms with Gasteiger partial charge in [-0.2, -0.15) is 5.10 Å². The lowest BCUT2D eigenvalue weighted by molar-refractivity contribution is 0.210. The van der Waals surface area contributed by atoms with E-state index in [-0.39, 0.29) is 0 Å². The molecule has 0 bridgehead atoms. The lowest BCUT2D eigenvalue weighted by atomic mass is 10.0. The van der Waals surface area contributed by atoms with Crippen LogP contribution in [0.4, 0.5) is 4.79 Å². The maximum Gasteiger partial charge on any atom is 0.332 e. The standard InChI is InChI=1S/C21H27N3O4/c1-14(2)17-7-5-15(3)11-19(17)28-10-9-27-18-8-6-16(12-20(18)26-4)13-23-24-21(22)25/h5-8,11-14H,9-10H2,1-4H3,(H3,22,24,25)/b23-13-. The molecule has 0 spiro atoms. The van der Waals surface area contributed by atoms with Crippen LogP contribution in [0.3, 0.4) is 0 Å². The Morgan fingerprint density at radius 1 is 1.11 bits per heavy atom. The van der Waals surface area contributed by atoms with Gasteiger partial charge in [-0.25, -0.2) is 10.2 Å². The van der Waals surface area contributed by atoms with Gasteiger partial charge < -0.3 is 19.9 Å². The number of aryl methyl sites for hydroxylation is 1. The molecule has 0 atom stereocenters. The number of ether oxygens (including phenoxy) is 3. The minimum absolute atomic E-state index is 0.374. The molecule has 2 aromatic rings. The van der Waals surface area contributed by atoms with Crippen LogP contribution in [-0.4, -0.2) is 32.6 Å². The summed E-state index contributed by atoms with van der Waals surface area (Å²) in [5.74, 6) is 2.43. The van der Waals surface area contributed by atoms with Gasteiger partial charge in [-0.3, -0.25) is 0 Å². The molecule has 0 saturated heterocycles. The quantitative estimate of drug-likeness (QED) is 0.392. The third-order valence-electron chi connectivity index (χ3n) is 3.97. The Labute approximate surface area is 165 Å². The van der Waals surface area contributed by atoms with E-state index in [9.17, 15) is 4.79 Å². The largest absolute Gasteiger partial charge is 0.493 e. The van der Waals surface area contributed by atoms with Crippen molar-refractivity contribution in [3.63, 3.8) is 0 Å². The summed E-state index contributed by atoms with van der Waals surface area (Å²) in [4.78, 5) is 10.6. The highest BCUT2D eigenvalue weighted by Gasteiger charge is 2.09. The van der Waals surface area contributed by atoms with Crippen molar-refractivity contribution in [3.8, 4) is 17.2 Å². The van der Waals surface area contributed by atoms with Gasteiger partial charge in [0.25, 0.3) is 0 Å². The molecule has 0 unspecified atom stereocenters. The molecule has 150 valence electrons.